The summed E-state index contributed by atoms with van der Waals surface area (Å²) in [5.41, 5.74) is 2.39. The Bertz CT molecular complexity index is 1260. The largest absolute Gasteiger partial charge is 0.326 e. The highest BCUT2D eigenvalue weighted by atomic mass is 16.2. The molecule has 29 heavy (non-hydrogen) atoms. The van der Waals surface area contributed by atoms with E-state index in [9.17, 15) is 9.59 Å². The SMILES string of the molecule is O=C(Nc1cccc(Nc2nc3c(cnn3-c3ccccc3)c(=O)[nH]2)c1)C1CC1. The van der Waals surface area contributed by atoms with Crippen molar-refractivity contribution in [1.29, 1.82) is 0 Å². The zero-order valence-electron chi connectivity index (χ0n) is 15.4. The maximum absolute atomic E-state index is 12.5. The number of para-hydroxylation sites is 1. The van der Waals surface area contributed by atoms with E-state index in [1.807, 2.05) is 48.5 Å². The quantitative estimate of drug-likeness (QED) is 0.489. The third-order valence-electron chi connectivity index (χ3n) is 4.78. The first-order valence-electron chi connectivity index (χ1n) is 9.39. The van der Waals surface area contributed by atoms with E-state index < -0.39 is 0 Å². The number of rotatable bonds is 5. The van der Waals surface area contributed by atoms with Crippen molar-refractivity contribution in [3.63, 3.8) is 0 Å². The molecule has 8 heteroatoms. The molecule has 2 aromatic carbocycles. The molecular formula is C21H18N6O2. The number of hydrogen-bond acceptors (Lipinski definition) is 5. The molecule has 1 saturated carbocycles. The highest BCUT2D eigenvalue weighted by Crippen LogP contribution is 2.30. The molecule has 0 saturated heterocycles. The van der Waals surface area contributed by atoms with Gasteiger partial charge >= 0.3 is 0 Å². The topological polar surface area (TPSA) is 105 Å². The third-order valence-corrected chi connectivity index (χ3v) is 4.78. The minimum Gasteiger partial charge on any atom is -0.326 e. The van der Waals surface area contributed by atoms with Crippen LogP contribution in [0.4, 0.5) is 17.3 Å². The molecule has 0 spiro atoms. The van der Waals surface area contributed by atoms with Gasteiger partial charge in [0, 0.05) is 17.3 Å². The highest BCUT2D eigenvalue weighted by Gasteiger charge is 2.29. The predicted octanol–water partition coefficient (Wildman–Crippen LogP) is 3.20. The van der Waals surface area contributed by atoms with E-state index in [0.29, 0.717) is 28.4 Å². The van der Waals surface area contributed by atoms with E-state index in [4.69, 9.17) is 0 Å². The molecule has 0 aliphatic heterocycles. The Kier molecular flexibility index (Phi) is 4.09. The Morgan fingerprint density at radius 2 is 1.86 bits per heavy atom. The lowest BCUT2D eigenvalue weighted by atomic mass is 10.2. The zero-order valence-corrected chi connectivity index (χ0v) is 15.4. The van der Waals surface area contributed by atoms with Gasteiger partial charge in [0.05, 0.1) is 11.9 Å². The molecule has 2 aromatic heterocycles. The molecule has 144 valence electrons. The van der Waals surface area contributed by atoms with Crippen molar-refractivity contribution in [1.82, 2.24) is 19.7 Å². The van der Waals surface area contributed by atoms with Crippen LogP contribution < -0.4 is 16.2 Å². The van der Waals surface area contributed by atoms with Gasteiger partial charge in [0.2, 0.25) is 11.9 Å². The van der Waals surface area contributed by atoms with Crippen LogP contribution in [0.5, 0.6) is 0 Å². The third kappa shape index (κ3) is 3.47. The Balaban J connectivity index is 1.46. The summed E-state index contributed by atoms with van der Waals surface area (Å²) in [6.07, 6.45) is 3.40. The fourth-order valence-electron chi connectivity index (χ4n) is 3.14. The highest BCUT2D eigenvalue weighted by molar-refractivity contribution is 5.94. The van der Waals surface area contributed by atoms with E-state index in [1.165, 1.54) is 6.20 Å². The van der Waals surface area contributed by atoms with Crippen LogP contribution in [0.2, 0.25) is 0 Å². The number of aromatic nitrogens is 4. The monoisotopic (exact) mass is 386 g/mol. The van der Waals surface area contributed by atoms with Crippen molar-refractivity contribution in [3.8, 4) is 5.69 Å². The van der Waals surface area contributed by atoms with E-state index in [0.717, 1.165) is 18.5 Å². The minimum atomic E-state index is -0.280. The number of fused-ring (bicyclic) bond motifs is 1. The lowest BCUT2D eigenvalue weighted by molar-refractivity contribution is -0.117. The fraction of sp³-hybridized carbons (Fsp3) is 0.143. The molecule has 1 amide bonds. The number of anilines is 3. The van der Waals surface area contributed by atoms with Crippen molar-refractivity contribution >= 4 is 34.3 Å². The van der Waals surface area contributed by atoms with E-state index in [-0.39, 0.29) is 17.4 Å². The van der Waals surface area contributed by atoms with Gasteiger partial charge in [-0.25, -0.2) is 4.68 Å². The van der Waals surface area contributed by atoms with Gasteiger partial charge in [0.15, 0.2) is 5.65 Å². The number of H-pyrrole nitrogens is 1. The molecule has 1 fully saturated rings. The normalized spacial score (nSPS) is 13.4. The van der Waals surface area contributed by atoms with Gasteiger partial charge in [0.1, 0.15) is 5.39 Å². The van der Waals surface area contributed by atoms with E-state index in [2.05, 4.69) is 25.7 Å². The van der Waals surface area contributed by atoms with Crippen LogP contribution in [0.25, 0.3) is 16.7 Å². The van der Waals surface area contributed by atoms with Gasteiger partial charge in [-0.05, 0) is 43.2 Å². The second-order valence-corrected chi connectivity index (χ2v) is 7.01. The van der Waals surface area contributed by atoms with Crippen molar-refractivity contribution in [2.45, 2.75) is 12.8 Å². The summed E-state index contributed by atoms with van der Waals surface area (Å²) in [6.45, 7) is 0. The van der Waals surface area contributed by atoms with Gasteiger partial charge in [-0.15, -0.1) is 0 Å². The lowest BCUT2D eigenvalue weighted by Crippen LogP contribution is -2.14. The van der Waals surface area contributed by atoms with Crippen LogP contribution in [0.3, 0.4) is 0 Å². The summed E-state index contributed by atoms with van der Waals surface area (Å²) < 4.78 is 1.63. The molecule has 5 rings (SSSR count). The van der Waals surface area contributed by atoms with Crippen LogP contribution in [0, 0.1) is 5.92 Å². The number of nitrogens with zero attached hydrogens (tertiary/aromatic N) is 3. The maximum Gasteiger partial charge on any atom is 0.263 e. The molecular weight excluding hydrogens is 368 g/mol. The summed E-state index contributed by atoms with van der Waals surface area (Å²) in [4.78, 5) is 31.7. The first-order chi connectivity index (χ1) is 14.2. The number of amides is 1. The smallest absolute Gasteiger partial charge is 0.263 e. The van der Waals surface area contributed by atoms with E-state index in [1.54, 1.807) is 10.7 Å². The van der Waals surface area contributed by atoms with Gasteiger partial charge < -0.3 is 10.6 Å². The van der Waals surface area contributed by atoms with Crippen molar-refractivity contribution < 1.29 is 4.79 Å². The predicted molar refractivity (Wildman–Crippen MR) is 111 cm³/mol. The van der Waals surface area contributed by atoms with Gasteiger partial charge in [-0.1, -0.05) is 24.3 Å². The summed E-state index contributed by atoms with van der Waals surface area (Å²) in [6, 6.07) is 16.8. The second kappa shape index (κ2) is 6.90. The van der Waals surface area contributed by atoms with Crippen LogP contribution in [-0.2, 0) is 4.79 Å². The number of hydrogen-bond donors (Lipinski definition) is 3. The number of carbonyl (C=O) groups excluding carboxylic acids is 1. The first kappa shape index (κ1) is 17.2. The molecule has 0 unspecified atom stereocenters. The minimum absolute atomic E-state index is 0.0434. The lowest BCUT2D eigenvalue weighted by Gasteiger charge is -2.09. The van der Waals surface area contributed by atoms with Gasteiger partial charge in [-0.2, -0.15) is 10.1 Å². The van der Waals surface area contributed by atoms with Gasteiger partial charge in [-0.3, -0.25) is 14.6 Å². The zero-order chi connectivity index (χ0) is 19.8. The summed E-state index contributed by atoms with van der Waals surface area (Å²) in [7, 11) is 0. The molecule has 0 bridgehead atoms. The Hall–Kier alpha value is -3.94. The number of aromatic amines is 1. The molecule has 4 aromatic rings. The average Bonchev–Trinajstić information content (AvgIpc) is 3.49. The first-order valence-corrected chi connectivity index (χ1v) is 9.39. The van der Waals surface area contributed by atoms with Crippen LogP contribution >= 0.6 is 0 Å². The Morgan fingerprint density at radius 3 is 2.66 bits per heavy atom. The number of nitrogens with one attached hydrogen (secondary N) is 3. The number of carbonyl (C=O) groups is 1. The maximum atomic E-state index is 12.5. The molecule has 0 radical (unpaired) electrons. The van der Waals surface area contributed by atoms with E-state index >= 15 is 0 Å². The Morgan fingerprint density at radius 1 is 1.07 bits per heavy atom. The van der Waals surface area contributed by atoms with Crippen molar-refractivity contribution in [2.24, 2.45) is 5.92 Å². The molecule has 3 N–H and O–H groups in total. The molecule has 2 heterocycles. The van der Waals surface area contributed by atoms with Gasteiger partial charge in [0.25, 0.3) is 5.56 Å². The fourth-order valence-corrected chi connectivity index (χ4v) is 3.14. The molecule has 1 aliphatic rings. The average molecular weight is 386 g/mol. The summed E-state index contributed by atoms with van der Waals surface area (Å²) in [5.74, 6) is 0.470. The Labute approximate surface area is 165 Å². The standard InChI is InChI=1S/C21H18N6O2/c28-19(13-9-10-13)23-14-5-4-6-15(11-14)24-21-25-18-17(20(29)26-21)12-22-27(18)16-7-2-1-3-8-16/h1-8,11-13H,9-10H2,(H,23,28)(H2,24,25,26,29). The van der Waals surface area contributed by atoms with Crippen molar-refractivity contribution in [3.05, 3.63) is 71.1 Å². The molecule has 8 nitrogen and oxygen atoms in total. The number of benzene rings is 2. The van der Waals surface area contributed by atoms with Crippen LogP contribution in [0.15, 0.2) is 65.6 Å². The molecule has 0 atom stereocenters. The second-order valence-electron chi connectivity index (χ2n) is 7.01. The van der Waals surface area contributed by atoms with Crippen LogP contribution in [-0.4, -0.2) is 25.7 Å². The summed E-state index contributed by atoms with van der Waals surface area (Å²) in [5, 5.41) is 10.7. The summed E-state index contributed by atoms with van der Waals surface area (Å²) >= 11 is 0. The molecule has 1 aliphatic carbocycles. The van der Waals surface area contributed by atoms with Crippen molar-refractivity contribution in [2.75, 3.05) is 10.6 Å². The van der Waals surface area contributed by atoms with Crippen LogP contribution in [0.1, 0.15) is 12.8 Å².